The van der Waals surface area contributed by atoms with Crippen molar-refractivity contribution in [3.63, 3.8) is 0 Å². The summed E-state index contributed by atoms with van der Waals surface area (Å²) in [6, 6.07) is 0. The number of hydrogen-bond acceptors (Lipinski definition) is 3. The van der Waals surface area contributed by atoms with Crippen LogP contribution in [0.2, 0.25) is 0 Å². The molecule has 0 aliphatic rings. The Hall–Kier alpha value is -0.960. The number of aryl methyl sites for hydroxylation is 2. The number of nitrogens with zero attached hydrogens (tertiary/aromatic N) is 2. The second kappa shape index (κ2) is 3.52. The lowest BCUT2D eigenvalue weighted by atomic mass is 9.98. The molecule has 0 radical (unpaired) electrons. The minimum Gasteiger partial charge on any atom is -0.232 e. The van der Waals surface area contributed by atoms with Gasteiger partial charge in [-0.1, -0.05) is 20.8 Å². The van der Waals surface area contributed by atoms with E-state index in [1.165, 1.54) is 20.8 Å². The van der Waals surface area contributed by atoms with E-state index in [-0.39, 0.29) is 5.41 Å². The fourth-order valence-electron chi connectivity index (χ4n) is 1.64. The van der Waals surface area contributed by atoms with E-state index < -0.39 is 0 Å². The molecule has 2 aromatic heterocycles. The van der Waals surface area contributed by atoms with Crippen molar-refractivity contribution in [3.8, 4) is 0 Å². The standard InChI is InChI=1S/C13H18N2S/c1-7-8(2)10-11(14-9(7)3)15-12(16-10)13(4,5)6/h1-6H3. The first-order valence-electron chi connectivity index (χ1n) is 5.55. The first kappa shape index (κ1) is 11.5. The molecule has 0 spiro atoms. The average Bonchev–Trinajstić information content (AvgIpc) is 2.57. The van der Waals surface area contributed by atoms with Gasteiger partial charge in [-0.2, -0.15) is 0 Å². The third-order valence-corrected chi connectivity index (χ3v) is 4.56. The Bertz CT molecular complexity index is 547. The highest BCUT2D eigenvalue weighted by atomic mass is 32.1. The van der Waals surface area contributed by atoms with Crippen molar-refractivity contribution in [2.24, 2.45) is 0 Å². The maximum Gasteiger partial charge on any atom is 0.171 e. The molecule has 3 heteroatoms. The number of pyridine rings is 1. The van der Waals surface area contributed by atoms with Crippen LogP contribution >= 0.6 is 11.3 Å². The van der Waals surface area contributed by atoms with Crippen molar-refractivity contribution >= 4 is 21.7 Å². The van der Waals surface area contributed by atoms with E-state index in [1.54, 1.807) is 11.3 Å². The smallest absolute Gasteiger partial charge is 0.171 e. The molecule has 0 aliphatic heterocycles. The first-order chi connectivity index (χ1) is 7.30. The van der Waals surface area contributed by atoms with Crippen LogP contribution in [0.5, 0.6) is 0 Å². The van der Waals surface area contributed by atoms with Gasteiger partial charge >= 0.3 is 0 Å². The monoisotopic (exact) mass is 234 g/mol. The van der Waals surface area contributed by atoms with Crippen LogP contribution in [0.4, 0.5) is 0 Å². The van der Waals surface area contributed by atoms with Crippen LogP contribution in [-0.4, -0.2) is 9.97 Å². The maximum atomic E-state index is 4.65. The molecule has 0 aliphatic carbocycles. The zero-order valence-electron chi connectivity index (χ0n) is 10.8. The number of thiazole rings is 1. The van der Waals surface area contributed by atoms with Gasteiger partial charge in [0.05, 0.1) is 4.70 Å². The summed E-state index contributed by atoms with van der Waals surface area (Å²) in [6.45, 7) is 12.9. The van der Waals surface area contributed by atoms with Gasteiger partial charge in [0.1, 0.15) is 5.01 Å². The molecule has 16 heavy (non-hydrogen) atoms. The third-order valence-electron chi connectivity index (χ3n) is 2.97. The molecule has 86 valence electrons. The van der Waals surface area contributed by atoms with Crippen molar-refractivity contribution in [2.75, 3.05) is 0 Å². The summed E-state index contributed by atoms with van der Waals surface area (Å²) in [6.07, 6.45) is 0. The quantitative estimate of drug-likeness (QED) is 0.690. The molecule has 0 unspecified atom stereocenters. The van der Waals surface area contributed by atoms with E-state index in [0.29, 0.717) is 0 Å². The summed E-state index contributed by atoms with van der Waals surface area (Å²) in [7, 11) is 0. The van der Waals surface area contributed by atoms with Gasteiger partial charge in [-0.15, -0.1) is 11.3 Å². The normalized spacial score (nSPS) is 12.4. The zero-order valence-corrected chi connectivity index (χ0v) is 11.6. The van der Waals surface area contributed by atoms with E-state index in [9.17, 15) is 0 Å². The Kier molecular flexibility index (Phi) is 2.54. The summed E-state index contributed by atoms with van der Waals surface area (Å²) in [5.41, 5.74) is 4.73. The van der Waals surface area contributed by atoms with Gasteiger partial charge in [-0.3, -0.25) is 0 Å². The van der Waals surface area contributed by atoms with E-state index in [4.69, 9.17) is 0 Å². The van der Waals surface area contributed by atoms with Crippen molar-refractivity contribution in [1.82, 2.24) is 9.97 Å². The number of fused-ring (bicyclic) bond motifs is 1. The van der Waals surface area contributed by atoms with Gasteiger partial charge in [0.2, 0.25) is 0 Å². The minimum absolute atomic E-state index is 0.111. The van der Waals surface area contributed by atoms with Gasteiger partial charge in [0.15, 0.2) is 5.65 Å². The summed E-state index contributed by atoms with van der Waals surface area (Å²) >= 11 is 1.78. The molecule has 0 saturated heterocycles. The Balaban J connectivity index is 2.77. The molecule has 0 amide bonds. The highest BCUT2D eigenvalue weighted by Crippen LogP contribution is 2.33. The van der Waals surface area contributed by atoms with Gasteiger partial charge in [-0.05, 0) is 31.9 Å². The zero-order chi connectivity index (χ0) is 12.1. The van der Waals surface area contributed by atoms with Crippen LogP contribution in [0.1, 0.15) is 42.6 Å². The van der Waals surface area contributed by atoms with Gasteiger partial charge in [-0.25, -0.2) is 9.97 Å². The molecular formula is C13H18N2S. The highest BCUT2D eigenvalue weighted by Gasteiger charge is 2.20. The van der Waals surface area contributed by atoms with E-state index in [2.05, 4.69) is 51.5 Å². The lowest BCUT2D eigenvalue weighted by molar-refractivity contribution is 0.586. The van der Waals surface area contributed by atoms with Crippen LogP contribution in [0.15, 0.2) is 0 Å². The highest BCUT2D eigenvalue weighted by molar-refractivity contribution is 7.18. The van der Waals surface area contributed by atoms with Gasteiger partial charge < -0.3 is 0 Å². The van der Waals surface area contributed by atoms with E-state index in [1.807, 2.05) is 0 Å². The van der Waals surface area contributed by atoms with E-state index in [0.717, 1.165) is 11.3 Å². The summed E-state index contributed by atoms with van der Waals surface area (Å²) < 4.78 is 1.24. The number of rotatable bonds is 0. The van der Waals surface area contributed by atoms with Crippen molar-refractivity contribution < 1.29 is 0 Å². The molecule has 0 N–H and O–H groups in total. The lowest BCUT2D eigenvalue weighted by Crippen LogP contribution is -2.09. The Labute approximate surface area is 101 Å². The molecular weight excluding hydrogens is 216 g/mol. The summed E-state index contributed by atoms with van der Waals surface area (Å²) in [4.78, 5) is 9.22. The van der Waals surface area contributed by atoms with Crippen molar-refractivity contribution in [2.45, 2.75) is 47.0 Å². The largest absolute Gasteiger partial charge is 0.232 e. The van der Waals surface area contributed by atoms with Crippen LogP contribution in [0.3, 0.4) is 0 Å². The van der Waals surface area contributed by atoms with Crippen LogP contribution in [0, 0.1) is 20.8 Å². The van der Waals surface area contributed by atoms with Crippen LogP contribution < -0.4 is 0 Å². The first-order valence-corrected chi connectivity index (χ1v) is 6.37. The lowest BCUT2D eigenvalue weighted by Gasteiger charge is -2.12. The number of aromatic nitrogens is 2. The maximum absolute atomic E-state index is 4.65. The minimum atomic E-state index is 0.111. The predicted octanol–water partition coefficient (Wildman–Crippen LogP) is 3.91. The number of hydrogen-bond donors (Lipinski definition) is 0. The third kappa shape index (κ3) is 1.73. The molecule has 2 aromatic rings. The Morgan fingerprint density at radius 1 is 0.938 bits per heavy atom. The molecule has 2 rings (SSSR count). The topological polar surface area (TPSA) is 25.8 Å². The van der Waals surface area contributed by atoms with Gasteiger partial charge in [0, 0.05) is 11.1 Å². The Morgan fingerprint density at radius 3 is 2.12 bits per heavy atom. The Morgan fingerprint density at radius 2 is 1.56 bits per heavy atom. The fourth-order valence-corrected chi connectivity index (χ4v) is 2.76. The molecule has 0 bridgehead atoms. The summed E-state index contributed by atoms with van der Waals surface area (Å²) in [5, 5.41) is 1.17. The predicted molar refractivity (Wildman–Crippen MR) is 70.3 cm³/mol. The molecule has 2 nitrogen and oxygen atoms in total. The second-order valence-corrected chi connectivity index (χ2v) is 6.37. The van der Waals surface area contributed by atoms with Crippen molar-refractivity contribution in [1.29, 1.82) is 0 Å². The van der Waals surface area contributed by atoms with Gasteiger partial charge in [0.25, 0.3) is 0 Å². The molecule has 0 aromatic carbocycles. The van der Waals surface area contributed by atoms with Crippen LogP contribution in [0.25, 0.3) is 10.3 Å². The fraction of sp³-hybridized carbons (Fsp3) is 0.538. The second-order valence-electron chi connectivity index (χ2n) is 5.37. The van der Waals surface area contributed by atoms with E-state index >= 15 is 0 Å². The van der Waals surface area contributed by atoms with Crippen molar-refractivity contribution in [3.05, 3.63) is 21.8 Å². The molecule has 0 atom stereocenters. The van der Waals surface area contributed by atoms with Crippen LogP contribution in [-0.2, 0) is 5.41 Å². The summed E-state index contributed by atoms with van der Waals surface area (Å²) in [5.74, 6) is 0. The molecule has 0 saturated carbocycles. The molecule has 0 fully saturated rings. The molecule has 2 heterocycles. The average molecular weight is 234 g/mol. The SMILES string of the molecule is Cc1nc2nc(C(C)(C)C)sc2c(C)c1C.